The molecule has 0 radical (unpaired) electrons. The summed E-state index contributed by atoms with van der Waals surface area (Å²) in [5.41, 5.74) is 2.67. The molecule has 2 heterocycles. The number of hydrogen-bond donors (Lipinski definition) is 1. The summed E-state index contributed by atoms with van der Waals surface area (Å²) in [5.74, 6) is 1.69. The Morgan fingerprint density at radius 3 is 3.11 bits per heavy atom. The van der Waals surface area contributed by atoms with Crippen LogP contribution in [0.15, 0.2) is 18.2 Å². The Morgan fingerprint density at radius 1 is 1.42 bits per heavy atom. The first kappa shape index (κ1) is 12.8. The van der Waals surface area contributed by atoms with Crippen molar-refractivity contribution in [2.75, 3.05) is 31.6 Å². The van der Waals surface area contributed by atoms with E-state index in [1.165, 1.54) is 30.8 Å². The van der Waals surface area contributed by atoms with E-state index in [9.17, 15) is 0 Å². The molecule has 1 unspecified atom stereocenters. The highest BCUT2D eigenvalue weighted by Gasteiger charge is 2.24. The Labute approximate surface area is 115 Å². The number of rotatable bonds is 4. The fourth-order valence-corrected chi connectivity index (χ4v) is 3.04. The molecule has 1 N–H and O–H groups in total. The lowest BCUT2D eigenvalue weighted by molar-refractivity contribution is 0.223. The molecular weight excluding hydrogens is 236 g/mol. The predicted octanol–water partition coefficient (Wildman–Crippen LogP) is 2.76. The van der Waals surface area contributed by atoms with Crippen molar-refractivity contribution in [1.82, 2.24) is 4.90 Å². The third-order valence-electron chi connectivity index (χ3n) is 4.32. The van der Waals surface area contributed by atoms with E-state index in [-0.39, 0.29) is 0 Å². The summed E-state index contributed by atoms with van der Waals surface area (Å²) in [6, 6.07) is 7.12. The van der Waals surface area contributed by atoms with Gasteiger partial charge in [0.05, 0.1) is 6.61 Å². The van der Waals surface area contributed by atoms with Crippen LogP contribution in [0.2, 0.25) is 0 Å². The minimum Gasteiger partial charge on any atom is -0.493 e. The van der Waals surface area contributed by atoms with Gasteiger partial charge in [-0.05, 0) is 44.9 Å². The Hall–Kier alpha value is -1.22. The zero-order valence-electron chi connectivity index (χ0n) is 12.0. The van der Waals surface area contributed by atoms with Gasteiger partial charge in [-0.1, -0.05) is 6.07 Å². The molecule has 1 fully saturated rings. The van der Waals surface area contributed by atoms with Gasteiger partial charge in [-0.15, -0.1) is 0 Å². The Kier molecular flexibility index (Phi) is 3.65. The maximum Gasteiger partial charge on any atom is 0.121 e. The van der Waals surface area contributed by atoms with Crippen LogP contribution >= 0.6 is 0 Å². The molecule has 0 aliphatic carbocycles. The van der Waals surface area contributed by atoms with Crippen LogP contribution in [-0.2, 0) is 6.42 Å². The number of anilines is 1. The Bertz CT molecular complexity index is 444. The number of likely N-dealkylation sites (tertiary alicyclic amines) is 1. The zero-order chi connectivity index (χ0) is 13.2. The van der Waals surface area contributed by atoms with Gasteiger partial charge < -0.3 is 15.0 Å². The van der Waals surface area contributed by atoms with Crippen molar-refractivity contribution < 1.29 is 4.74 Å². The molecule has 1 atom stereocenters. The van der Waals surface area contributed by atoms with E-state index in [0.29, 0.717) is 12.0 Å². The van der Waals surface area contributed by atoms with Gasteiger partial charge in [0.25, 0.3) is 0 Å². The molecule has 19 heavy (non-hydrogen) atoms. The van der Waals surface area contributed by atoms with Crippen LogP contribution in [-0.4, -0.2) is 37.2 Å². The molecule has 0 aromatic heterocycles. The van der Waals surface area contributed by atoms with Crippen LogP contribution in [0.5, 0.6) is 5.75 Å². The summed E-state index contributed by atoms with van der Waals surface area (Å²) in [6.45, 7) is 8.86. The first-order chi connectivity index (χ1) is 9.22. The molecule has 0 saturated carbocycles. The molecule has 0 spiro atoms. The molecule has 1 aromatic carbocycles. The van der Waals surface area contributed by atoms with E-state index < -0.39 is 0 Å². The average molecular weight is 260 g/mol. The Balaban J connectivity index is 1.53. The lowest BCUT2D eigenvalue weighted by Gasteiger charge is -2.20. The van der Waals surface area contributed by atoms with Gasteiger partial charge in [-0.3, -0.25) is 0 Å². The largest absolute Gasteiger partial charge is 0.493 e. The lowest BCUT2D eigenvalue weighted by atomic mass is 10.1. The third-order valence-corrected chi connectivity index (χ3v) is 4.32. The van der Waals surface area contributed by atoms with Crippen LogP contribution in [0.1, 0.15) is 25.8 Å². The van der Waals surface area contributed by atoms with Gasteiger partial charge >= 0.3 is 0 Å². The van der Waals surface area contributed by atoms with Crippen molar-refractivity contribution in [3.63, 3.8) is 0 Å². The first-order valence-corrected chi connectivity index (χ1v) is 7.46. The molecule has 3 rings (SSSR count). The highest BCUT2D eigenvalue weighted by Crippen LogP contribution is 2.27. The monoisotopic (exact) mass is 260 g/mol. The van der Waals surface area contributed by atoms with Crippen LogP contribution in [0, 0.1) is 5.92 Å². The van der Waals surface area contributed by atoms with E-state index in [1.807, 2.05) is 0 Å². The van der Waals surface area contributed by atoms with Crippen LogP contribution in [0.3, 0.4) is 0 Å². The molecule has 1 aromatic rings. The normalized spacial score (nSPS) is 22.6. The molecule has 3 heteroatoms. The quantitative estimate of drug-likeness (QED) is 0.901. The SMILES string of the molecule is CC(C)N1CCC(COc2ccc3c(c2)NCC3)C1. The van der Waals surface area contributed by atoms with E-state index in [0.717, 1.165) is 25.3 Å². The molecule has 2 aliphatic heterocycles. The lowest BCUT2D eigenvalue weighted by Crippen LogP contribution is -2.29. The second-order valence-electron chi connectivity index (χ2n) is 6.05. The molecule has 0 amide bonds. The summed E-state index contributed by atoms with van der Waals surface area (Å²) in [5, 5.41) is 3.40. The average Bonchev–Trinajstić information content (AvgIpc) is 3.04. The number of hydrogen-bond acceptors (Lipinski definition) is 3. The van der Waals surface area contributed by atoms with Crippen molar-refractivity contribution in [2.45, 2.75) is 32.7 Å². The van der Waals surface area contributed by atoms with Crippen LogP contribution in [0.4, 0.5) is 5.69 Å². The zero-order valence-corrected chi connectivity index (χ0v) is 12.0. The molecule has 0 bridgehead atoms. The van der Waals surface area contributed by atoms with E-state index in [2.05, 4.69) is 42.3 Å². The molecule has 3 nitrogen and oxygen atoms in total. The summed E-state index contributed by atoms with van der Waals surface area (Å²) in [6.07, 6.45) is 2.41. The molecule has 1 saturated heterocycles. The fourth-order valence-electron chi connectivity index (χ4n) is 3.04. The predicted molar refractivity (Wildman–Crippen MR) is 78.9 cm³/mol. The molecular formula is C16H24N2O. The van der Waals surface area contributed by atoms with Gasteiger partial charge in [-0.25, -0.2) is 0 Å². The van der Waals surface area contributed by atoms with E-state index in [4.69, 9.17) is 4.74 Å². The highest BCUT2D eigenvalue weighted by molar-refractivity contribution is 5.58. The summed E-state index contributed by atoms with van der Waals surface area (Å²) in [7, 11) is 0. The van der Waals surface area contributed by atoms with Gasteiger partial charge in [0.2, 0.25) is 0 Å². The maximum atomic E-state index is 5.98. The summed E-state index contributed by atoms with van der Waals surface area (Å²) in [4.78, 5) is 2.54. The summed E-state index contributed by atoms with van der Waals surface area (Å²) < 4.78 is 5.98. The molecule has 2 aliphatic rings. The van der Waals surface area contributed by atoms with Crippen molar-refractivity contribution in [1.29, 1.82) is 0 Å². The maximum absolute atomic E-state index is 5.98. The van der Waals surface area contributed by atoms with Crippen molar-refractivity contribution in [3.05, 3.63) is 23.8 Å². The molecule has 104 valence electrons. The van der Waals surface area contributed by atoms with Gasteiger partial charge in [0.1, 0.15) is 5.75 Å². The van der Waals surface area contributed by atoms with E-state index in [1.54, 1.807) is 0 Å². The Morgan fingerprint density at radius 2 is 2.32 bits per heavy atom. The number of benzene rings is 1. The minimum absolute atomic E-state index is 0.661. The second-order valence-corrected chi connectivity index (χ2v) is 6.05. The van der Waals surface area contributed by atoms with E-state index >= 15 is 0 Å². The number of nitrogens with zero attached hydrogens (tertiary/aromatic N) is 1. The van der Waals surface area contributed by atoms with Crippen molar-refractivity contribution in [2.24, 2.45) is 5.92 Å². The number of ether oxygens (including phenoxy) is 1. The fraction of sp³-hybridized carbons (Fsp3) is 0.625. The summed E-state index contributed by atoms with van der Waals surface area (Å²) >= 11 is 0. The number of fused-ring (bicyclic) bond motifs is 1. The highest BCUT2D eigenvalue weighted by atomic mass is 16.5. The number of nitrogens with one attached hydrogen (secondary N) is 1. The minimum atomic E-state index is 0.661. The smallest absolute Gasteiger partial charge is 0.121 e. The van der Waals surface area contributed by atoms with Gasteiger partial charge in [0, 0.05) is 36.8 Å². The van der Waals surface area contributed by atoms with Crippen LogP contribution in [0.25, 0.3) is 0 Å². The second kappa shape index (κ2) is 5.41. The van der Waals surface area contributed by atoms with Gasteiger partial charge in [0.15, 0.2) is 0 Å². The van der Waals surface area contributed by atoms with Crippen molar-refractivity contribution >= 4 is 5.69 Å². The first-order valence-electron chi connectivity index (χ1n) is 7.46. The van der Waals surface area contributed by atoms with Crippen molar-refractivity contribution in [3.8, 4) is 5.75 Å². The topological polar surface area (TPSA) is 24.5 Å². The van der Waals surface area contributed by atoms with Crippen LogP contribution < -0.4 is 10.1 Å². The standard InChI is InChI=1S/C16H24N2O/c1-12(2)18-8-6-13(10-18)11-19-15-4-3-14-5-7-17-16(14)9-15/h3-4,9,12-13,17H,5-8,10-11H2,1-2H3. The third kappa shape index (κ3) is 2.86. The van der Waals surface area contributed by atoms with Gasteiger partial charge in [-0.2, -0.15) is 0 Å².